The van der Waals surface area contributed by atoms with Gasteiger partial charge in [-0.15, -0.1) is 0 Å². The molecule has 5 heteroatoms. The summed E-state index contributed by atoms with van der Waals surface area (Å²) in [5.74, 6) is 1.82. The highest BCUT2D eigenvalue weighted by Gasteiger charge is 2.37. The minimum Gasteiger partial charge on any atom is -0.307 e. The molecule has 13 rings (SSSR count). The first-order chi connectivity index (χ1) is 32.0. The van der Waals surface area contributed by atoms with E-state index in [9.17, 15) is 0 Å². The van der Waals surface area contributed by atoms with E-state index in [1.54, 1.807) is 0 Å². The van der Waals surface area contributed by atoms with Gasteiger partial charge in [-0.1, -0.05) is 208 Å². The van der Waals surface area contributed by atoms with Crippen LogP contribution in [0.1, 0.15) is 25.0 Å². The van der Waals surface area contributed by atoms with E-state index >= 15 is 0 Å². The molecule has 0 bridgehead atoms. The highest BCUT2D eigenvalue weighted by Crippen LogP contribution is 2.52. The molecule has 0 atom stereocenters. The maximum Gasteiger partial charge on any atom is 0.238 e. The normalized spacial score (nSPS) is 12.9. The molecular formula is C60H41N5. The topological polar surface area (TPSA) is 48.5 Å². The van der Waals surface area contributed by atoms with E-state index in [4.69, 9.17) is 15.0 Å². The van der Waals surface area contributed by atoms with E-state index in [1.165, 1.54) is 27.6 Å². The highest BCUT2D eigenvalue weighted by molar-refractivity contribution is 6.24. The number of fused-ring (bicyclic) bond motifs is 10. The van der Waals surface area contributed by atoms with E-state index in [2.05, 4.69) is 217 Å². The summed E-state index contributed by atoms with van der Waals surface area (Å²) in [7, 11) is 0. The molecule has 3 heterocycles. The van der Waals surface area contributed by atoms with Crippen LogP contribution in [0.2, 0.25) is 0 Å². The van der Waals surface area contributed by atoms with Crippen LogP contribution < -0.4 is 0 Å². The molecule has 65 heavy (non-hydrogen) atoms. The largest absolute Gasteiger partial charge is 0.307 e. The lowest BCUT2D eigenvalue weighted by Gasteiger charge is -2.21. The average Bonchev–Trinajstić information content (AvgIpc) is 3.97. The van der Waals surface area contributed by atoms with Crippen LogP contribution in [0, 0.1) is 0 Å². The standard InChI is InChI=1S/C60H41N5/c1-60(2)49-29-15-12-27-47(49)54-48(28-18-30-50(54)60)58-61-57(40-23-10-5-11-24-40)62-59(63-58)65-52-32-17-14-26-44(52)46-36-35-45-43-25-13-16-31-51(43)64(55(45)56(46)65)53-37-41(38-19-6-3-7-20-38)33-34-42(53)39-21-8-4-9-22-39/h3-37H,1-2H3. The molecule has 12 aromatic rings. The van der Waals surface area contributed by atoms with Crippen LogP contribution in [0.3, 0.4) is 0 Å². The third kappa shape index (κ3) is 5.62. The van der Waals surface area contributed by atoms with Gasteiger partial charge in [0.1, 0.15) is 0 Å². The van der Waals surface area contributed by atoms with Crippen LogP contribution in [0.15, 0.2) is 212 Å². The maximum atomic E-state index is 5.58. The predicted octanol–water partition coefficient (Wildman–Crippen LogP) is 15.0. The zero-order valence-corrected chi connectivity index (χ0v) is 35.9. The fraction of sp³-hybridized carbons (Fsp3) is 0.0500. The van der Waals surface area contributed by atoms with Gasteiger partial charge in [0.05, 0.1) is 27.8 Å². The lowest BCUT2D eigenvalue weighted by molar-refractivity contribution is 0.660. The SMILES string of the molecule is CC1(C)c2ccccc2-c2c(-c3nc(-c4ccccc4)nc(-n4c5ccccc5c5ccc6c7ccccc7n(-c7cc(-c8ccccc8)ccc7-c7ccccc7)c6c54)n3)cccc21. The predicted molar refractivity (Wildman–Crippen MR) is 268 cm³/mol. The summed E-state index contributed by atoms with van der Waals surface area (Å²) in [4.78, 5) is 16.4. The van der Waals surface area contributed by atoms with E-state index in [1.807, 2.05) is 18.2 Å². The summed E-state index contributed by atoms with van der Waals surface area (Å²) in [6.07, 6.45) is 0. The average molecular weight is 832 g/mol. The summed E-state index contributed by atoms with van der Waals surface area (Å²) in [5.41, 5.74) is 16.7. The molecule has 306 valence electrons. The Morgan fingerprint density at radius 1 is 0.354 bits per heavy atom. The fourth-order valence-corrected chi connectivity index (χ4v) is 10.6. The Morgan fingerprint density at radius 2 is 0.892 bits per heavy atom. The number of benzene rings is 9. The highest BCUT2D eigenvalue weighted by atomic mass is 15.2. The van der Waals surface area contributed by atoms with Gasteiger partial charge in [0, 0.05) is 43.7 Å². The van der Waals surface area contributed by atoms with Crippen molar-refractivity contribution in [1.82, 2.24) is 24.1 Å². The molecule has 0 saturated carbocycles. The van der Waals surface area contributed by atoms with Crippen molar-refractivity contribution in [2.75, 3.05) is 0 Å². The van der Waals surface area contributed by atoms with Gasteiger partial charge in [-0.25, -0.2) is 4.98 Å². The fourth-order valence-electron chi connectivity index (χ4n) is 10.6. The lowest BCUT2D eigenvalue weighted by Crippen LogP contribution is -2.14. The van der Waals surface area contributed by atoms with Gasteiger partial charge in [0.15, 0.2) is 11.6 Å². The molecule has 5 nitrogen and oxygen atoms in total. The van der Waals surface area contributed by atoms with Crippen LogP contribution in [-0.4, -0.2) is 24.1 Å². The molecule has 3 aromatic heterocycles. The number of aromatic nitrogens is 5. The molecule has 1 aliphatic carbocycles. The molecule has 0 saturated heterocycles. The number of hydrogen-bond acceptors (Lipinski definition) is 3. The number of nitrogens with zero attached hydrogens (tertiary/aromatic N) is 5. The quantitative estimate of drug-likeness (QED) is 0.168. The first-order valence-electron chi connectivity index (χ1n) is 22.3. The second-order valence-corrected chi connectivity index (χ2v) is 17.6. The van der Waals surface area contributed by atoms with Crippen LogP contribution in [0.4, 0.5) is 0 Å². The van der Waals surface area contributed by atoms with Gasteiger partial charge in [0.2, 0.25) is 5.95 Å². The Morgan fingerprint density at radius 3 is 1.60 bits per heavy atom. The Labute approximate surface area is 376 Å². The summed E-state index contributed by atoms with van der Waals surface area (Å²) < 4.78 is 4.78. The Bertz CT molecular complexity index is 3840. The second kappa shape index (κ2) is 14.3. The number of rotatable bonds is 6. The monoisotopic (exact) mass is 831 g/mol. The molecule has 1 aliphatic rings. The molecule has 0 spiro atoms. The van der Waals surface area contributed by atoms with Crippen LogP contribution in [-0.2, 0) is 5.41 Å². The van der Waals surface area contributed by atoms with Crippen molar-refractivity contribution in [3.05, 3.63) is 223 Å². The third-order valence-corrected chi connectivity index (χ3v) is 13.6. The minimum atomic E-state index is -0.178. The molecule has 0 N–H and O–H groups in total. The van der Waals surface area contributed by atoms with E-state index < -0.39 is 0 Å². The number of hydrogen-bond donors (Lipinski definition) is 0. The zero-order valence-electron chi connectivity index (χ0n) is 35.9. The summed E-state index contributed by atoms with van der Waals surface area (Å²) in [6.45, 7) is 4.63. The van der Waals surface area contributed by atoms with Gasteiger partial charge in [-0.05, 0) is 57.1 Å². The van der Waals surface area contributed by atoms with Crippen molar-refractivity contribution in [1.29, 1.82) is 0 Å². The van der Waals surface area contributed by atoms with Crippen LogP contribution >= 0.6 is 0 Å². The lowest BCUT2D eigenvalue weighted by atomic mass is 9.82. The van der Waals surface area contributed by atoms with Crippen LogP contribution in [0.25, 0.3) is 111 Å². The molecule has 0 amide bonds. The molecule has 0 fully saturated rings. The molecule has 0 unspecified atom stereocenters. The maximum absolute atomic E-state index is 5.58. The van der Waals surface area contributed by atoms with Gasteiger partial charge < -0.3 is 4.57 Å². The summed E-state index contributed by atoms with van der Waals surface area (Å²) >= 11 is 0. The Balaban J connectivity index is 1.17. The Kier molecular flexibility index (Phi) is 8.18. The van der Waals surface area contributed by atoms with Crippen molar-refractivity contribution in [3.8, 4) is 67.8 Å². The summed E-state index contributed by atoms with van der Waals surface area (Å²) in [5, 5.41) is 4.57. The van der Waals surface area contributed by atoms with Crippen LogP contribution in [0.5, 0.6) is 0 Å². The first kappa shape index (κ1) is 37.2. The Hall–Kier alpha value is -8.41. The molecular weight excluding hydrogens is 791 g/mol. The number of para-hydroxylation sites is 2. The van der Waals surface area contributed by atoms with Crippen molar-refractivity contribution in [2.24, 2.45) is 0 Å². The van der Waals surface area contributed by atoms with E-state index in [0.717, 1.165) is 77.3 Å². The minimum absolute atomic E-state index is 0.178. The van der Waals surface area contributed by atoms with Gasteiger partial charge >= 0.3 is 0 Å². The van der Waals surface area contributed by atoms with E-state index in [-0.39, 0.29) is 5.41 Å². The van der Waals surface area contributed by atoms with Crippen molar-refractivity contribution in [3.63, 3.8) is 0 Å². The summed E-state index contributed by atoms with van der Waals surface area (Å²) in [6, 6.07) is 76.0. The third-order valence-electron chi connectivity index (χ3n) is 13.6. The molecule has 0 aliphatic heterocycles. The smallest absolute Gasteiger partial charge is 0.238 e. The first-order valence-corrected chi connectivity index (χ1v) is 22.3. The van der Waals surface area contributed by atoms with Crippen molar-refractivity contribution >= 4 is 43.6 Å². The van der Waals surface area contributed by atoms with Crippen molar-refractivity contribution in [2.45, 2.75) is 19.3 Å². The second-order valence-electron chi connectivity index (χ2n) is 17.6. The zero-order chi connectivity index (χ0) is 43.2. The van der Waals surface area contributed by atoms with E-state index in [0.29, 0.717) is 17.6 Å². The molecule has 0 radical (unpaired) electrons. The van der Waals surface area contributed by atoms with Gasteiger partial charge in [-0.3, -0.25) is 4.57 Å². The van der Waals surface area contributed by atoms with Crippen molar-refractivity contribution < 1.29 is 0 Å². The molecule has 9 aromatic carbocycles. The van der Waals surface area contributed by atoms with Gasteiger partial charge in [0.25, 0.3) is 0 Å². The van der Waals surface area contributed by atoms with Gasteiger partial charge in [-0.2, -0.15) is 9.97 Å².